The van der Waals surface area contributed by atoms with Gasteiger partial charge in [-0.05, 0) is 38.5 Å². The lowest BCUT2D eigenvalue weighted by Crippen LogP contribution is -2.46. The molecule has 9 heteroatoms. The lowest BCUT2D eigenvalue weighted by Gasteiger charge is -2.24. The molecule has 1 amide bonds. The highest BCUT2D eigenvalue weighted by atomic mass is 19.4. The minimum absolute atomic E-state index is 0.0167. The molecule has 134 valence electrons. The number of hydrogen-bond acceptors (Lipinski definition) is 5. The van der Waals surface area contributed by atoms with E-state index in [1.807, 2.05) is 5.32 Å². The van der Waals surface area contributed by atoms with Crippen molar-refractivity contribution in [3.05, 3.63) is 29.8 Å². The van der Waals surface area contributed by atoms with Gasteiger partial charge in [-0.25, -0.2) is 9.59 Å². The fourth-order valence-electron chi connectivity index (χ4n) is 1.71. The summed E-state index contributed by atoms with van der Waals surface area (Å²) in [6.07, 6.45) is -7.11. The molecule has 0 fully saturated rings. The quantitative estimate of drug-likeness (QED) is 0.817. The number of hydrogen-bond donors (Lipinski definition) is 2. The average Bonchev–Trinajstić information content (AvgIpc) is 2.36. The number of alkyl halides is 3. The number of carbonyl (C=O) groups excluding carboxylic acids is 2. The van der Waals surface area contributed by atoms with Crippen molar-refractivity contribution in [2.45, 2.75) is 45.2 Å². The van der Waals surface area contributed by atoms with Gasteiger partial charge in [0.05, 0.1) is 0 Å². The maximum absolute atomic E-state index is 12.1. The third kappa shape index (κ3) is 7.70. The smallest absolute Gasteiger partial charge is 0.508 e. The van der Waals surface area contributed by atoms with Gasteiger partial charge in [0.15, 0.2) is 0 Å². The average molecular weight is 349 g/mol. The van der Waals surface area contributed by atoms with Crippen LogP contribution < -0.4 is 5.32 Å². The third-order valence-electron chi connectivity index (χ3n) is 2.57. The molecular weight excluding hydrogens is 331 g/mol. The van der Waals surface area contributed by atoms with Crippen LogP contribution in [0.1, 0.15) is 26.3 Å². The van der Waals surface area contributed by atoms with E-state index in [4.69, 9.17) is 4.74 Å². The van der Waals surface area contributed by atoms with Crippen molar-refractivity contribution in [2.75, 3.05) is 0 Å². The molecule has 1 aromatic carbocycles. The molecule has 0 spiro atoms. The molecule has 0 bridgehead atoms. The number of phenols is 1. The van der Waals surface area contributed by atoms with E-state index in [2.05, 4.69) is 4.74 Å². The monoisotopic (exact) mass is 349 g/mol. The second kappa shape index (κ2) is 7.41. The summed E-state index contributed by atoms with van der Waals surface area (Å²) < 4.78 is 44.5. The van der Waals surface area contributed by atoms with Crippen molar-refractivity contribution >= 4 is 12.1 Å². The van der Waals surface area contributed by atoms with E-state index in [9.17, 15) is 27.9 Å². The Morgan fingerprint density at radius 2 is 1.67 bits per heavy atom. The van der Waals surface area contributed by atoms with Gasteiger partial charge < -0.3 is 19.9 Å². The van der Waals surface area contributed by atoms with E-state index in [1.165, 1.54) is 24.3 Å². The van der Waals surface area contributed by atoms with Crippen LogP contribution in [0.5, 0.6) is 5.75 Å². The number of amides is 1. The summed E-state index contributed by atoms with van der Waals surface area (Å²) in [4.78, 5) is 23.4. The highest BCUT2D eigenvalue weighted by Crippen LogP contribution is 2.18. The Bertz CT molecular complexity index is 578. The van der Waals surface area contributed by atoms with Crippen LogP contribution in [0, 0.1) is 0 Å². The minimum atomic E-state index is -5.17. The van der Waals surface area contributed by atoms with Crippen LogP contribution in [-0.2, 0) is 20.7 Å². The zero-order valence-corrected chi connectivity index (χ0v) is 13.3. The topological polar surface area (TPSA) is 84.9 Å². The highest BCUT2D eigenvalue weighted by Gasteiger charge is 2.36. The van der Waals surface area contributed by atoms with Gasteiger partial charge in [0.2, 0.25) is 0 Å². The number of aromatic hydroxyl groups is 1. The van der Waals surface area contributed by atoms with Gasteiger partial charge in [-0.3, -0.25) is 0 Å². The van der Waals surface area contributed by atoms with Gasteiger partial charge in [-0.1, -0.05) is 12.1 Å². The summed E-state index contributed by atoms with van der Waals surface area (Å²) in [7, 11) is 0. The second-order valence-corrected chi connectivity index (χ2v) is 5.94. The predicted molar refractivity (Wildman–Crippen MR) is 77.1 cm³/mol. The van der Waals surface area contributed by atoms with Crippen LogP contribution in [0.2, 0.25) is 0 Å². The predicted octanol–water partition coefficient (Wildman–Crippen LogP) is 2.89. The number of carbonyl (C=O) groups is 2. The van der Waals surface area contributed by atoms with Gasteiger partial charge in [0, 0.05) is 6.42 Å². The van der Waals surface area contributed by atoms with Crippen molar-refractivity contribution in [3.63, 3.8) is 0 Å². The number of benzene rings is 1. The number of phenolic OH excluding ortho intramolecular Hbond substituents is 1. The molecule has 2 N–H and O–H groups in total. The molecule has 0 aliphatic rings. The van der Waals surface area contributed by atoms with Crippen molar-refractivity contribution in [1.82, 2.24) is 5.32 Å². The molecular formula is C15H18F3NO5. The number of nitrogens with one attached hydrogen (secondary N) is 1. The summed E-state index contributed by atoms with van der Waals surface area (Å²) in [5, 5.41) is 11.1. The maximum Gasteiger partial charge on any atom is 0.576 e. The summed E-state index contributed by atoms with van der Waals surface area (Å²) in [5.41, 5.74) is -0.393. The number of rotatable bonds is 4. The molecule has 0 saturated carbocycles. The minimum Gasteiger partial charge on any atom is -0.508 e. The first-order valence-electron chi connectivity index (χ1n) is 6.93. The fourth-order valence-corrected chi connectivity index (χ4v) is 1.71. The summed E-state index contributed by atoms with van der Waals surface area (Å²) in [5.74, 6) is -0.924. The van der Waals surface area contributed by atoms with Crippen molar-refractivity contribution < 1.29 is 37.3 Å². The molecule has 24 heavy (non-hydrogen) atoms. The second-order valence-electron chi connectivity index (χ2n) is 5.94. The molecule has 1 rings (SSSR count). The number of alkyl carbamates (subject to hydrolysis) is 1. The first kappa shape index (κ1) is 19.6. The van der Waals surface area contributed by atoms with E-state index in [0.29, 0.717) is 5.56 Å². The van der Waals surface area contributed by atoms with E-state index in [0.717, 1.165) is 0 Å². The standard InChI is InChI=1S/C15H18F3NO5/c1-14(2,3)23-12(21)11(19-13(22)24-15(16,17)18)8-9-4-6-10(20)7-5-9/h4-7,11,20H,8H2,1-3H3,(H,19,22). The normalized spacial score (nSPS) is 13.1. The summed E-state index contributed by atoms with van der Waals surface area (Å²) >= 11 is 0. The van der Waals surface area contributed by atoms with Crippen molar-refractivity contribution in [1.29, 1.82) is 0 Å². The Hall–Kier alpha value is -2.45. The molecule has 0 aliphatic carbocycles. The number of halogens is 3. The summed E-state index contributed by atoms with van der Waals surface area (Å²) in [6, 6.07) is 4.22. The lowest BCUT2D eigenvalue weighted by atomic mass is 10.1. The maximum atomic E-state index is 12.1. The molecule has 1 atom stereocenters. The van der Waals surface area contributed by atoms with Crippen LogP contribution in [0.15, 0.2) is 24.3 Å². The highest BCUT2D eigenvalue weighted by molar-refractivity contribution is 5.82. The number of ether oxygens (including phenoxy) is 2. The van der Waals surface area contributed by atoms with Gasteiger partial charge in [-0.15, -0.1) is 13.2 Å². The zero-order chi connectivity index (χ0) is 18.5. The van der Waals surface area contributed by atoms with Gasteiger partial charge >= 0.3 is 18.4 Å². The molecule has 6 nitrogen and oxygen atoms in total. The number of esters is 1. The Labute approximate surface area is 136 Å². The van der Waals surface area contributed by atoms with E-state index in [1.54, 1.807) is 20.8 Å². The molecule has 0 radical (unpaired) electrons. The Morgan fingerprint density at radius 3 is 2.12 bits per heavy atom. The SMILES string of the molecule is CC(C)(C)OC(=O)C(Cc1ccc(O)cc1)NC(=O)OC(F)(F)F. The Balaban J connectivity index is 2.88. The van der Waals surface area contributed by atoms with Crippen LogP contribution in [0.25, 0.3) is 0 Å². The first-order chi connectivity index (χ1) is 10.9. The molecule has 0 aromatic heterocycles. The largest absolute Gasteiger partial charge is 0.576 e. The van der Waals surface area contributed by atoms with Gasteiger partial charge in [-0.2, -0.15) is 0 Å². The van der Waals surface area contributed by atoms with Crippen LogP contribution >= 0.6 is 0 Å². The third-order valence-corrected chi connectivity index (χ3v) is 2.57. The molecule has 0 aliphatic heterocycles. The Morgan fingerprint density at radius 1 is 1.12 bits per heavy atom. The molecule has 0 saturated heterocycles. The van der Waals surface area contributed by atoms with Crippen LogP contribution in [0.3, 0.4) is 0 Å². The zero-order valence-electron chi connectivity index (χ0n) is 13.3. The molecule has 1 aromatic rings. The van der Waals surface area contributed by atoms with Crippen molar-refractivity contribution in [2.24, 2.45) is 0 Å². The fraction of sp³-hybridized carbons (Fsp3) is 0.467. The summed E-state index contributed by atoms with van der Waals surface area (Å²) in [6.45, 7) is 4.74. The first-order valence-corrected chi connectivity index (χ1v) is 6.93. The van der Waals surface area contributed by atoms with Gasteiger partial charge in [0.1, 0.15) is 17.4 Å². The molecule has 1 unspecified atom stereocenters. The van der Waals surface area contributed by atoms with E-state index >= 15 is 0 Å². The van der Waals surface area contributed by atoms with Crippen LogP contribution in [0.4, 0.5) is 18.0 Å². The molecule has 0 heterocycles. The van der Waals surface area contributed by atoms with Crippen LogP contribution in [-0.4, -0.2) is 35.2 Å². The Kier molecular flexibility index (Phi) is 6.05. The van der Waals surface area contributed by atoms with Crippen molar-refractivity contribution in [3.8, 4) is 5.75 Å². The lowest BCUT2D eigenvalue weighted by molar-refractivity contribution is -0.291. The van der Waals surface area contributed by atoms with E-state index < -0.39 is 30.1 Å². The van der Waals surface area contributed by atoms with E-state index in [-0.39, 0.29) is 12.2 Å². The van der Waals surface area contributed by atoms with Gasteiger partial charge in [0.25, 0.3) is 0 Å².